The zero-order valence-corrected chi connectivity index (χ0v) is 27.4. The molecule has 0 atom stereocenters. The molecule has 0 aliphatic rings. The molecule has 0 aliphatic heterocycles. The van der Waals surface area contributed by atoms with Crippen LogP contribution in [0.2, 0.25) is 0 Å². The van der Waals surface area contributed by atoms with Crippen LogP contribution in [0.1, 0.15) is 5.56 Å². The standard InChI is InChI=1S/C29H24Br2N2O9S2/c30-21-6-11-24(12-7-21)43(38,39)32(17-28(34)35)23-10-15-26(27(16-23)42-19-20-4-2-1-3-5-20)33(18-29(36)37)44(40,41)25-13-8-22(31)9-14-25/h1-16H,17-19H2,(H,34,35)(H,36,37). The monoisotopic (exact) mass is 766 g/mol. The summed E-state index contributed by atoms with van der Waals surface area (Å²) in [5, 5.41) is 19.3. The molecular weight excluding hydrogens is 744 g/mol. The van der Waals surface area contributed by atoms with E-state index < -0.39 is 45.1 Å². The Labute approximate surface area is 270 Å². The number of nitrogens with zero attached hydrogens (tertiary/aromatic N) is 2. The molecule has 230 valence electrons. The van der Waals surface area contributed by atoms with Gasteiger partial charge in [-0.3, -0.25) is 18.2 Å². The van der Waals surface area contributed by atoms with Gasteiger partial charge in [0.2, 0.25) is 0 Å². The van der Waals surface area contributed by atoms with Crippen molar-refractivity contribution in [3.63, 3.8) is 0 Å². The van der Waals surface area contributed by atoms with E-state index >= 15 is 0 Å². The lowest BCUT2D eigenvalue weighted by Gasteiger charge is -2.28. The number of halogens is 2. The number of anilines is 2. The Hall–Kier alpha value is -3.92. The molecule has 0 spiro atoms. The van der Waals surface area contributed by atoms with Crippen molar-refractivity contribution in [2.45, 2.75) is 16.4 Å². The second kappa shape index (κ2) is 13.8. The first-order valence-electron chi connectivity index (χ1n) is 12.6. The zero-order chi connectivity index (χ0) is 32.1. The molecule has 44 heavy (non-hydrogen) atoms. The average molecular weight is 768 g/mol. The largest absolute Gasteiger partial charge is 0.487 e. The topological polar surface area (TPSA) is 159 Å². The van der Waals surface area contributed by atoms with Crippen LogP contribution >= 0.6 is 31.9 Å². The number of carboxylic acids is 2. The van der Waals surface area contributed by atoms with Crippen LogP contribution < -0.4 is 13.3 Å². The van der Waals surface area contributed by atoms with Gasteiger partial charge < -0.3 is 14.9 Å². The summed E-state index contributed by atoms with van der Waals surface area (Å²) >= 11 is 6.48. The summed E-state index contributed by atoms with van der Waals surface area (Å²) in [4.78, 5) is 23.3. The van der Waals surface area contributed by atoms with Gasteiger partial charge in [-0.15, -0.1) is 0 Å². The highest BCUT2D eigenvalue weighted by molar-refractivity contribution is 9.10. The van der Waals surface area contributed by atoms with Crippen LogP contribution in [-0.4, -0.2) is 52.1 Å². The second-order valence-corrected chi connectivity index (χ2v) is 14.7. The van der Waals surface area contributed by atoms with Crippen LogP contribution in [0.25, 0.3) is 0 Å². The summed E-state index contributed by atoms with van der Waals surface area (Å²) in [5.74, 6) is -3.12. The van der Waals surface area contributed by atoms with E-state index in [0.29, 0.717) is 23.1 Å². The summed E-state index contributed by atoms with van der Waals surface area (Å²) in [6.07, 6.45) is 0. The molecule has 0 saturated heterocycles. The second-order valence-electron chi connectivity index (χ2n) is 9.14. The summed E-state index contributed by atoms with van der Waals surface area (Å²) in [7, 11) is -8.91. The average Bonchev–Trinajstić information content (AvgIpc) is 2.98. The van der Waals surface area contributed by atoms with Gasteiger partial charge in [0.15, 0.2) is 0 Å². The van der Waals surface area contributed by atoms with Gasteiger partial charge in [0.1, 0.15) is 25.4 Å². The van der Waals surface area contributed by atoms with Gasteiger partial charge in [0.05, 0.1) is 21.2 Å². The molecule has 0 amide bonds. The molecular formula is C29H24Br2N2O9S2. The highest BCUT2D eigenvalue weighted by Crippen LogP contribution is 2.38. The van der Waals surface area contributed by atoms with Gasteiger partial charge >= 0.3 is 11.9 Å². The number of hydrogen-bond acceptors (Lipinski definition) is 7. The van der Waals surface area contributed by atoms with Gasteiger partial charge in [0, 0.05) is 15.0 Å². The number of sulfonamides is 2. The summed E-state index contributed by atoms with van der Waals surface area (Å²) in [5.41, 5.74) is 0.319. The molecule has 0 saturated carbocycles. The summed E-state index contributed by atoms with van der Waals surface area (Å²) in [6, 6.07) is 23.5. The Morgan fingerprint density at radius 2 is 1.14 bits per heavy atom. The predicted octanol–water partition coefficient (Wildman–Crippen LogP) is 5.35. The molecule has 0 aromatic heterocycles. The molecule has 2 N–H and O–H groups in total. The maximum Gasteiger partial charge on any atom is 0.324 e. The lowest BCUT2D eigenvalue weighted by atomic mass is 10.2. The maximum atomic E-state index is 13.7. The fraction of sp³-hybridized carbons (Fsp3) is 0.103. The van der Waals surface area contributed by atoms with Crippen molar-refractivity contribution in [3.8, 4) is 5.75 Å². The van der Waals surface area contributed by atoms with Gasteiger partial charge in [-0.1, -0.05) is 62.2 Å². The maximum absolute atomic E-state index is 13.7. The van der Waals surface area contributed by atoms with E-state index in [-0.39, 0.29) is 33.5 Å². The van der Waals surface area contributed by atoms with Gasteiger partial charge in [-0.25, -0.2) is 16.8 Å². The van der Waals surface area contributed by atoms with Gasteiger partial charge in [0.25, 0.3) is 20.0 Å². The van der Waals surface area contributed by atoms with Crippen LogP contribution in [0.3, 0.4) is 0 Å². The molecule has 0 radical (unpaired) electrons. The Kier molecular flexibility index (Phi) is 10.3. The first kappa shape index (κ1) is 33.0. The fourth-order valence-electron chi connectivity index (χ4n) is 4.04. The molecule has 0 aliphatic carbocycles. The van der Waals surface area contributed by atoms with Crippen molar-refractivity contribution in [1.82, 2.24) is 0 Å². The molecule has 4 aromatic carbocycles. The van der Waals surface area contributed by atoms with Crippen molar-refractivity contribution >= 4 is 75.2 Å². The van der Waals surface area contributed by atoms with Crippen LogP contribution in [0, 0.1) is 0 Å². The lowest BCUT2D eigenvalue weighted by Crippen LogP contribution is -2.37. The van der Waals surface area contributed by atoms with Crippen LogP contribution in [-0.2, 0) is 36.2 Å². The van der Waals surface area contributed by atoms with E-state index in [2.05, 4.69) is 31.9 Å². The van der Waals surface area contributed by atoms with Crippen LogP contribution in [0.5, 0.6) is 5.75 Å². The smallest absolute Gasteiger partial charge is 0.324 e. The van der Waals surface area contributed by atoms with Gasteiger partial charge in [-0.2, -0.15) is 0 Å². The van der Waals surface area contributed by atoms with E-state index in [4.69, 9.17) is 4.74 Å². The number of benzene rings is 4. The Morgan fingerprint density at radius 3 is 1.64 bits per heavy atom. The number of ether oxygens (including phenoxy) is 1. The number of hydrogen-bond donors (Lipinski definition) is 2. The first-order chi connectivity index (χ1) is 20.8. The SMILES string of the molecule is O=C(O)CN(c1ccc(N(CC(=O)O)S(=O)(=O)c2ccc(Br)cc2)c(OCc2ccccc2)c1)S(=O)(=O)c1ccc(Br)cc1. The quantitative estimate of drug-likeness (QED) is 0.183. The number of aliphatic carboxylic acids is 2. The molecule has 0 fully saturated rings. The molecule has 11 nitrogen and oxygen atoms in total. The van der Waals surface area contributed by atoms with E-state index in [1.165, 1.54) is 66.7 Å². The van der Waals surface area contributed by atoms with Crippen molar-refractivity contribution in [2.75, 3.05) is 21.7 Å². The molecule has 4 aromatic rings. The Morgan fingerprint density at radius 1 is 0.659 bits per heavy atom. The normalized spacial score (nSPS) is 11.5. The van der Waals surface area contributed by atoms with E-state index in [1.54, 1.807) is 30.3 Å². The predicted molar refractivity (Wildman–Crippen MR) is 170 cm³/mol. The van der Waals surface area contributed by atoms with Crippen molar-refractivity contribution in [2.24, 2.45) is 0 Å². The third-order valence-corrected chi connectivity index (χ3v) is 10.7. The highest BCUT2D eigenvalue weighted by atomic mass is 79.9. The number of carboxylic acid groups (broad SMARTS) is 2. The van der Waals surface area contributed by atoms with E-state index in [9.17, 15) is 36.6 Å². The molecule has 0 bridgehead atoms. The van der Waals surface area contributed by atoms with Crippen LogP contribution in [0.4, 0.5) is 11.4 Å². The van der Waals surface area contributed by atoms with Gasteiger partial charge in [-0.05, 0) is 66.2 Å². The van der Waals surface area contributed by atoms with E-state index in [1.807, 2.05) is 0 Å². The number of carbonyl (C=O) groups is 2. The minimum Gasteiger partial charge on any atom is -0.487 e. The minimum atomic E-state index is -4.48. The Bertz CT molecular complexity index is 1870. The zero-order valence-electron chi connectivity index (χ0n) is 22.6. The molecule has 15 heteroatoms. The van der Waals surface area contributed by atoms with Crippen molar-refractivity contribution < 1.29 is 41.4 Å². The highest BCUT2D eigenvalue weighted by Gasteiger charge is 2.32. The fourth-order valence-corrected chi connectivity index (χ4v) is 7.40. The van der Waals surface area contributed by atoms with E-state index in [0.717, 1.165) is 0 Å². The van der Waals surface area contributed by atoms with Crippen molar-refractivity contribution in [1.29, 1.82) is 0 Å². The summed E-state index contributed by atoms with van der Waals surface area (Å²) < 4.78 is 63.2. The van der Waals surface area contributed by atoms with Crippen molar-refractivity contribution in [3.05, 3.63) is 112 Å². The third-order valence-electron chi connectivity index (χ3n) is 6.10. The third kappa shape index (κ3) is 7.77. The molecule has 4 rings (SSSR count). The molecule has 0 unspecified atom stereocenters. The first-order valence-corrected chi connectivity index (χ1v) is 17.1. The molecule has 0 heterocycles. The lowest BCUT2D eigenvalue weighted by molar-refractivity contribution is -0.136. The van der Waals surface area contributed by atoms with Crippen LogP contribution in [0.15, 0.2) is 116 Å². The number of rotatable bonds is 13. The Balaban J connectivity index is 1.89. The minimum absolute atomic E-state index is 0.102. The summed E-state index contributed by atoms with van der Waals surface area (Å²) in [6.45, 7) is -2.06.